The van der Waals surface area contributed by atoms with Crippen LogP contribution in [-0.2, 0) is 35.4 Å². The van der Waals surface area contributed by atoms with E-state index in [0.717, 1.165) is 16.2 Å². The summed E-state index contributed by atoms with van der Waals surface area (Å²) < 4.78 is 4.88. The Hall–Kier alpha value is -2.99. The number of rotatable bonds is 9. The van der Waals surface area contributed by atoms with Crippen molar-refractivity contribution in [3.8, 4) is 0 Å². The van der Waals surface area contributed by atoms with Gasteiger partial charge in [0, 0.05) is 23.6 Å². The number of fused-ring (bicyclic) bond motifs is 1. The number of hydrogen-bond donors (Lipinski definition) is 3. The molecule has 1 saturated heterocycles. The summed E-state index contributed by atoms with van der Waals surface area (Å²) in [6.45, 7) is 0.805. The number of carboxylic acids is 1. The molecular weight excluding hydrogens is 527 g/mol. The molecule has 36 heavy (non-hydrogen) atoms. The fourth-order valence-electron chi connectivity index (χ4n) is 3.24. The monoisotopic (exact) mass is 544 g/mol. The number of ether oxygens (including phenoxy) is 1. The summed E-state index contributed by atoms with van der Waals surface area (Å²) in [4.78, 5) is 58.9. The van der Waals surface area contributed by atoms with Crippen molar-refractivity contribution in [2.24, 2.45) is 5.16 Å². The van der Waals surface area contributed by atoms with Crippen LogP contribution in [-0.4, -0.2) is 78.5 Å². The summed E-state index contributed by atoms with van der Waals surface area (Å²) in [6, 6.07) is -1.05. The van der Waals surface area contributed by atoms with E-state index in [4.69, 9.17) is 15.3 Å². The van der Waals surface area contributed by atoms with Crippen LogP contribution in [0.3, 0.4) is 0 Å². The van der Waals surface area contributed by atoms with Crippen LogP contribution in [0, 0.1) is 0 Å². The number of anilines is 1. The molecule has 4 N–H and O–H groups in total. The number of esters is 1. The van der Waals surface area contributed by atoms with E-state index in [9.17, 15) is 24.3 Å². The number of nitrogens with one attached hydrogen (secondary N) is 2. The molecule has 18 heteroatoms. The number of carbonyl (C=O) groups excluding carboxylic acids is 4. The number of oxime groups is 1. The quantitative estimate of drug-likeness (QED) is 0.0887. The second-order valence-corrected chi connectivity index (χ2v) is 9.12. The minimum atomic E-state index is -1.59. The van der Waals surface area contributed by atoms with Crippen molar-refractivity contribution in [1.82, 2.24) is 30.6 Å². The van der Waals surface area contributed by atoms with Crippen LogP contribution in [0.1, 0.15) is 18.3 Å². The largest absolute Gasteiger partial charge is 1.00 e. The molecule has 2 aromatic rings. The zero-order valence-electron chi connectivity index (χ0n) is 18.9. The normalized spacial score (nSPS) is 19.1. The summed E-state index contributed by atoms with van der Waals surface area (Å²) in [5.74, 6) is -3.48. The average Bonchev–Trinajstić information content (AvgIpc) is 3.49. The Kier molecular flexibility index (Phi) is 9.07. The van der Waals surface area contributed by atoms with Gasteiger partial charge in [0.1, 0.15) is 29.4 Å². The maximum atomic E-state index is 13.0. The molecule has 4 rings (SSSR count). The Bertz CT molecular complexity index is 1230. The van der Waals surface area contributed by atoms with Gasteiger partial charge in [0.05, 0.1) is 17.9 Å². The maximum absolute atomic E-state index is 13.0. The number of H-pyrrole nitrogens is 1. The number of hydrogen-bond acceptors (Lipinski definition) is 14. The van der Waals surface area contributed by atoms with Crippen molar-refractivity contribution in [3.05, 3.63) is 34.2 Å². The molecule has 0 radical (unpaired) electrons. The van der Waals surface area contributed by atoms with Gasteiger partial charge in [0.2, 0.25) is 0 Å². The molecule has 0 aromatic carbocycles. The third-order valence-corrected chi connectivity index (χ3v) is 6.80. The predicted octanol–water partition coefficient (Wildman–Crippen LogP) is -5.26. The number of β-lactam (4-membered cyclic amide) rings is 1. The Morgan fingerprint density at radius 3 is 2.78 bits per heavy atom. The molecule has 184 valence electrons. The third kappa shape index (κ3) is 5.86. The summed E-state index contributed by atoms with van der Waals surface area (Å²) >= 11 is 2.28. The molecule has 2 aliphatic rings. The Morgan fingerprint density at radius 1 is 1.39 bits per heavy atom. The molecule has 2 aliphatic heterocycles. The van der Waals surface area contributed by atoms with Gasteiger partial charge in [-0.15, -0.1) is 23.1 Å². The Labute approximate surface area is 233 Å². The third-order valence-electron chi connectivity index (χ3n) is 4.79. The van der Waals surface area contributed by atoms with Crippen LogP contribution >= 0.6 is 23.1 Å². The van der Waals surface area contributed by atoms with Gasteiger partial charge in [-0.05, 0) is 0 Å². The van der Waals surface area contributed by atoms with E-state index in [-0.39, 0.29) is 76.3 Å². The fraction of sp³-hybridized carbons (Fsp3) is 0.333. The number of carbonyl (C=O) groups is 4. The summed E-state index contributed by atoms with van der Waals surface area (Å²) in [7, 11) is 0. The van der Waals surface area contributed by atoms with Gasteiger partial charge in [-0.2, -0.15) is 15.4 Å². The number of nitrogens with two attached hydrogens (primary N) is 1. The van der Waals surface area contributed by atoms with Crippen LogP contribution in [0.15, 0.2) is 28.0 Å². The van der Waals surface area contributed by atoms with Crippen molar-refractivity contribution in [2.45, 2.75) is 24.9 Å². The number of carboxylic acid groups (broad SMARTS) is 1. The number of aliphatic carboxylic acids is 1. The van der Waals surface area contributed by atoms with E-state index in [2.05, 4.69) is 30.9 Å². The number of amides is 2. The first-order valence-corrected chi connectivity index (χ1v) is 11.8. The molecule has 2 aromatic heterocycles. The Balaban J connectivity index is 0.00000361. The second kappa shape index (κ2) is 11.8. The molecule has 1 fully saturated rings. The molecule has 0 spiro atoms. The van der Waals surface area contributed by atoms with Gasteiger partial charge in [0.15, 0.2) is 17.5 Å². The fourth-order valence-corrected chi connectivity index (χ4v) is 5.11. The van der Waals surface area contributed by atoms with Gasteiger partial charge in [-0.25, -0.2) is 4.98 Å². The average molecular weight is 545 g/mol. The molecule has 15 nitrogen and oxygen atoms in total. The van der Waals surface area contributed by atoms with Crippen molar-refractivity contribution in [3.63, 3.8) is 0 Å². The molecule has 0 bridgehead atoms. The van der Waals surface area contributed by atoms with Crippen molar-refractivity contribution in [1.29, 1.82) is 0 Å². The number of thioether (sulfide) groups is 1. The topological polar surface area (TPSA) is 218 Å². The van der Waals surface area contributed by atoms with Gasteiger partial charge < -0.3 is 30.5 Å². The molecule has 0 saturated carbocycles. The number of aromatic amines is 1. The minimum absolute atomic E-state index is 0. The first-order valence-electron chi connectivity index (χ1n) is 9.84. The molecule has 4 heterocycles. The smallest absolute Gasteiger partial charge is 0.543 e. The summed E-state index contributed by atoms with van der Waals surface area (Å²) in [5.41, 5.74) is 5.84. The van der Waals surface area contributed by atoms with E-state index in [1.54, 1.807) is 0 Å². The summed E-state index contributed by atoms with van der Waals surface area (Å²) in [6.07, 6.45) is 1.41. The zero-order valence-corrected chi connectivity index (χ0v) is 22.6. The van der Waals surface area contributed by atoms with Crippen molar-refractivity contribution in [2.75, 3.05) is 18.1 Å². The number of nitrogens with zero attached hydrogens (tertiary/aromatic N) is 5. The molecule has 0 unspecified atom stereocenters. The second-order valence-electron chi connectivity index (χ2n) is 7.13. The van der Waals surface area contributed by atoms with Gasteiger partial charge in [-0.3, -0.25) is 19.3 Å². The van der Waals surface area contributed by atoms with E-state index in [0.29, 0.717) is 5.69 Å². The van der Waals surface area contributed by atoms with Crippen molar-refractivity contribution < 1.29 is 63.4 Å². The molecule has 0 aliphatic carbocycles. The van der Waals surface area contributed by atoms with E-state index >= 15 is 0 Å². The predicted molar refractivity (Wildman–Crippen MR) is 118 cm³/mol. The van der Waals surface area contributed by atoms with Crippen molar-refractivity contribution >= 4 is 57.7 Å². The number of nitrogen functional groups attached to an aromatic ring is 1. The maximum Gasteiger partial charge on any atom is 1.00 e. The van der Waals surface area contributed by atoms with Crippen LogP contribution in [0.2, 0.25) is 0 Å². The molecule has 2 amide bonds. The number of aromatic nitrogens is 4. The SMILES string of the molecule is CC(=O)OCC1=C(C(=O)[O-])N2C(=O)[C@@H](NC(=O)C(=NOCc3cn[nH]n3)c3csc(N)n3)[C@@H]2SC1.[Na+]. The first kappa shape index (κ1) is 27.6. The van der Waals surface area contributed by atoms with E-state index in [1.807, 2.05) is 0 Å². The minimum Gasteiger partial charge on any atom is -0.543 e. The van der Waals surface area contributed by atoms with Crippen LogP contribution < -0.4 is 45.7 Å². The zero-order chi connectivity index (χ0) is 25.1. The Morgan fingerprint density at radius 2 is 2.17 bits per heavy atom. The van der Waals surface area contributed by atoms with E-state index < -0.39 is 35.2 Å². The molecular formula is C18H17N8NaO7S2. The van der Waals surface area contributed by atoms with Gasteiger partial charge >= 0.3 is 35.5 Å². The van der Waals surface area contributed by atoms with Crippen LogP contribution in [0.5, 0.6) is 0 Å². The van der Waals surface area contributed by atoms with Gasteiger partial charge in [-0.1, -0.05) is 5.16 Å². The summed E-state index contributed by atoms with van der Waals surface area (Å²) in [5, 5.41) is 28.9. The van der Waals surface area contributed by atoms with E-state index in [1.165, 1.54) is 30.3 Å². The molecule has 2 atom stereocenters. The van der Waals surface area contributed by atoms with Gasteiger partial charge in [0.25, 0.3) is 11.8 Å². The van der Waals surface area contributed by atoms with Crippen LogP contribution in [0.25, 0.3) is 0 Å². The standard InChI is InChI=1S/C18H18N8O7S2.Na/c1-7(27)32-3-8-5-34-16-12(15(29)26(16)13(8)17(30)31)22-14(28)11(10-6-35-18(19)21-10)24-33-4-9-2-20-25-23-9;/h2,6,12,16H,3-5H2,1H3,(H2,19,21)(H,22,28)(H,30,31)(H,20,23,25);/q;+1/p-1/t12-,16+;/m1./s1. The number of thiazole rings is 1. The van der Waals surface area contributed by atoms with Crippen LogP contribution in [0.4, 0.5) is 5.13 Å². The first-order chi connectivity index (χ1) is 16.8.